The van der Waals surface area contributed by atoms with Crippen LogP contribution in [0.1, 0.15) is 44.9 Å². The molecule has 0 aliphatic rings. The van der Waals surface area contributed by atoms with Gasteiger partial charge in [-0.1, -0.05) is 28.1 Å². The van der Waals surface area contributed by atoms with E-state index in [1.807, 2.05) is 27.7 Å². The second kappa shape index (κ2) is 5.74. The number of nitrogens with one attached hydrogen (secondary N) is 1. The van der Waals surface area contributed by atoms with Crippen LogP contribution in [0, 0.1) is 6.92 Å². The summed E-state index contributed by atoms with van der Waals surface area (Å²) < 4.78 is 16.0. The molecule has 2 atom stereocenters. The first kappa shape index (κ1) is 15.0. The van der Waals surface area contributed by atoms with Crippen LogP contribution in [-0.2, 0) is 11.4 Å². The molecule has 0 saturated heterocycles. The summed E-state index contributed by atoms with van der Waals surface area (Å²) in [6.07, 6.45) is 0. The lowest BCUT2D eigenvalue weighted by Gasteiger charge is -2.26. The Bertz CT molecular complexity index is 389. The first-order valence-electron chi connectivity index (χ1n) is 5.66. The van der Waals surface area contributed by atoms with E-state index >= 15 is 0 Å². The van der Waals surface area contributed by atoms with Gasteiger partial charge in [-0.15, -0.1) is 4.72 Å². The van der Waals surface area contributed by atoms with Crippen LogP contribution in [0.15, 0.2) is 22.7 Å². The Kier molecular flexibility index (Phi) is 5.07. The highest BCUT2D eigenvalue weighted by Crippen LogP contribution is 2.24. The molecule has 4 heteroatoms. The molecule has 1 N–H and O–H groups in total. The van der Waals surface area contributed by atoms with Crippen molar-refractivity contribution in [3.63, 3.8) is 0 Å². The Hall–Kier alpha value is -0.0300. The highest BCUT2D eigenvalue weighted by molar-refractivity contribution is 9.10. The quantitative estimate of drug-likeness (QED) is 0.859. The second-order valence-corrected chi connectivity index (χ2v) is 8.08. The predicted molar refractivity (Wildman–Crippen MR) is 78.3 cm³/mol. The third-order valence-electron chi connectivity index (χ3n) is 2.54. The van der Waals surface area contributed by atoms with Gasteiger partial charge in [0, 0.05) is 15.8 Å². The molecule has 0 aliphatic heterocycles. The van der Waals surface area contributed by atoms with E-state index in [1.165, 1.54) is 5.56 Å². The number of hydrogen-bond donors (Lipinski definition) is 1. The molecule has 0 bridgehead atoms. The molecule has 0 aromatic heterocycles. The molecule has 0 unspecified atom stereocenters. The fourth-order valence-electron chi connectivity index (χ4n) is 1.28. The van der Waals surface area contributed by atoms with Crippen molar-refractivity contribution in [2.24, 2.45) is 0 Å². The van der Waals surface area contributed by atoms with Gasteiger partial charge in [0.05, 0.1) is 6.04 Å². The molecule has 0 heterocycles. The topological polar surface area (TPSA) is 35.1 Å². The van der Waals surface area contributed by atoms with Crippen molar-refractivity contribution in [2.75, 3.05) is 0 Å². The van der Waals surface area contributed by atoms with Gasteiger partial charge in [-0.3, -0.25) is 0 Å². The van der Waals surface area contributed by atoms with Crippen molar-refractivity contribution < 1.29 is 4.55 Å². The summed E-state index contributed by atoms with van der Waals surface area (Å²) in [6, 6.07) is 6.29. The lowest BCUT2D eigenvalue weighted by Crippen LogP contribution is -2.40. The van der Waals surface area contributed by atoms with Crippen LogP contribution in [0.2, 0.25) is 0 Å². The van der Waals surface area contributed by atoms with E-state index in [-0.39, 0.29) is 10.8 Å². The molecular weight excluding hydrogens is 298 g/mol. The van der Waals surface area contributed by atoms with Crippen molar-refractivity contribution in [2.45, 2.75) is 45.4 Å². The molecule has 0 radical (unpaired) electrons. The van der Waals surface area contributed by atoms with Crippen LogP contribution in [0.25, 0.3) is 0 Å². The number of benzene rings is 1. The monoisotopic (exact) mass is 317 g/mol. The lowest BCUT2D eigenvalue weighted by molar-refractivity contribution is 0.531. The Labute approximate surface area is 116 Å². The maximum Gasteiger partial charge on any atom is 0.136 e. The molecule has 0 aliphatic carbocycles. The van der Waals surface area contributed by atoms with Crippen molar-refractivity contribution in [1.82, 2.24) is 4.72 Å². The highest BCUT2D eigenvalue weighted by atomic mass is 79.9. The number of rotatable bonds is 3. The van der Waals surface area contributed by atoms with Crippen LogP contribution >= 0.6 is 15.9 Å². The third kappa shape index (κ3) is 4.28. The largest absolute Gasteiger partial charge is 0.598 e. The molecule has 0 saturated carbocycles. The molecule has 96 valence electrons. The smallest absolute Gasteiger partial charge is 0.136 e. The van der Waals surface area contributed by atoms with Crippen molar-refractivity contribution >= 4 is 27.3 Å². The van der Waals surface area contributed by atoms with Crippen LogP contribution in [-0.4, -0.2) is 9.30 Å². The molecule has 1 aromatic rings. The Morgan fingerprint density at radius 3 is 2.41 bits per heavy atom. The van der Waals surface area contributed by atoms with Gasteiger partial charge >= 0.3 is 0 Å². The van der Waals surface area contributed by atoms with Crippen LogP contribution in [0.5, 0.6) is 0 Å². The molecule has 2 nitrogen and oxygen atoms in total. The van der Waals surface area contributed by atoms with Gasteiger partial charge in [-0.05, 0) is 51.8 Å². The number of hydrogen-bond acceptors (Lipinski definition) is 2. The van der Waals surface area contributed by atoms with Gasteiger partial charge < -0.3 is 4.55 Å². The SMILES string of the molecule is Cc1ccc([C@H](C)N[S@+]([O-])C(C)(C)C)cc1Br. The summed E-state index contributed by atoms with van der Waals surface area (Å²) in [5, 5.41) is 0. The lowest BCUT2D eigenvalue weighted by atomic mass is 10.1. The standard InChI is InChI=1S/C13H20BrNOS/c1-9-6-7-11(8-12(9)14)10(2)15-17(16)13(3,4)5/h6-8,10,15H,1-5H3/t10-,17+/m0/s1. The summed E-state index contributed by atoms with van der Waals surface area (Å²) in [5.41, 5.74) is 2.35. The number of aryl methyl sites for hydroxylation is 1. The molecule has 0 spiro atoms. The summed E-state index contributed by atoms with van der Waals surface area (Å²) in [4.78, 5) is 0. The average Bonchev–Trinajstić information content (AvgIpc) is 2.20. The van der Waals surface area contributed by atoms with Crippen molar-refractivity contribution in [3.05, 3.63) is 33.8 Å². The van der Waals surface area contributed by atoms with E-state index < -0.39 is 11.4 Å². The maximum absolute atomic E-state index is 12.0. The van der Waals surface area contributed by atoms with E-state index in [0.29, 0.717) is 0 Å². The van der Waals surface area contributed by atoms with E-state index in [4.69, 9.17) is 0 Å². The molecule has 1 rings (SSSR count). The summed E-state index contributed by atoms with van der Waals surface area (Å²) >= 11 is 2.47. The predicted octanol–water partition coefficient (Wildman–Crippen LogP) is 3.87. The van der Waals surface area contributed by atoms with E-state index in [1.54, 1.807) is 0 Å². The minimum absolute atomic E-state index is 0.0759. The van der Waals surface area contributed by atoms with Gasteiger partial charge in [0.25, 0.3) is 0 Å². The molecule has 0 amide bonds. The Morgan fingerprint density at radius 1 is 1.35 bits per heavy atom. The zero-order valence-electron chi connectivity index (χ0n) is 11.0. The van der Waals surface area contributed by atoms with Crippen LogP contribution in [0.3, 0.4) is 0 Å². The van der Waals surface area contributed by atoms with Gasteiger partial charge in [0.15, 0.2) is 0 Å². The molecular formula is C13H20BrNOS. The summed E-state index contributed by atoms with van der Waals surface area (Å²) in [6.45, 7) is 9.98. The van der Waals surface area contributed by atoms with E-state index in [0.717, 1.165) is 10.0 Å². The molecule has 0 fully saturated rings. The highest BCUT2D eigenvalue weighted by Gasteiger charge is 2.28. The molecule has 17 heavy (non-hydrogen) atoms. The van der Waals surface area contributed by atoms with Gasteiger partial charge in [0.2, 0.25) is 0 Å². The maximum atomic E-state index is 12.0. The van der Waals surface area contributed by atoms with Gasteiger partial charge in [-0.2, -0.15) is 0 Å². The van der Waals surface area contributed by atoms with E-state index in [2.05, 4.69) is 45.8 Å². The van der Waals surface area contributed by atoms with Gasteiger partial charge in [-0.25, -0.2) is 0 Å². The first-order valence-corrected chi connectivity index (χ1v) is 7.60. The van der Waals surface area contributed by atoms with Crippen LogP contribution in [0.4, 0.5) is 0 Å². The zero-order valence-corrected chi connectivity index (χ0v) is 13.4. The number of halogens is 1. The minimum Gasteiger partial charge on any atom is -0.598 e. The third-order valence-corrected chi connectivity index (χ3v) is 5.07. The summed E-state index contributed by atoms with van der Waals surface area (Å²) in [5.74, 6) is 0. The average molecular weight is 318 g/mol. The van der Waals surface area contributed by atoms with Crippen LogP contribution < -0.4 is 4.72 Å². The van der Waals surface area contributed by atoms with Gasteiger partial charge in [0.1, 0.15) is 4.75 Å². The minimum atomic E-state index is -1.05. The second-order valence-electron chi connectivity index (χ2n) is 5.23. The Balaban J connectivity index is 2.76. The fourth-order valence-corrected chi connectivity index (χ4v) is 2.49. The van der Waals surface area contributed by atoms with Crippen molar-refractivity contribution in [3.8, 4) is 0 Å². The Morgan fingerprint density at radius 2 is 1.94 bits per heavy atom. The normalized spacial score (nSPS) is 15.7. The van der Waals surface area contributed by atoms with Crippen molar-refractivity contribution in [1.29, 1.82) is 0 Å². The first-order chi connectivity index (χ1) is 7.71. The summed E-state index contributed by atoms with van der Waals surface area (Å²) in [7, 11) is 0. The zero-order chi connectivity index (χ0) is 13.2. The molecule has 1 aromatic carbocycles. The van der Waals surface area contributed by atoms with E-state index in [9.17, 15) is 4.55 Å². The fraction of sp³-hybridized carbons (Fsp3) is 0.538.